The summed E-state index contributed by atoms with van der Waals surface area (Å²) in [6.07, 6.45) is 2.75. The van der Waals surface area contributed by atoms with Gasteiger partial charge in [0.05, 0.1) is 19.8 Å². The van der Waals surface area contributed by atoms with E-state index in [2.05, 4.69) is 11.5 Å². The normalized spacial score (nSPS) is 17.1. The van der Waals surface area contributed by atoms with Gasteiger partial charge in [-0.05, 0) is 63.3 Å². The summed E-state index contributed by atoms with van der Waals surface area (Å²) in [7, 11) is 4.06. The lowest BCUT2D eigenvalue weighted by Gasteiger charge is -2.33. The van der Waals surface area contributed by atoms with E-state index in [9.17, 15) is 4.39 Å². The standard InChI is InChI=1S/C22H28FNO4/c1-4-14-27-22(12-5-13-24(2)3,17-6-8-18(23)9-7-17)20-11-10-19(28-20)21-25-15-16-26-21/h4,6-11,21H,1,5,12-16H2,2-3H3/t22-/m1/s1. The van der Waals surface area contributed by atoms with Gasteiger partial charge >= 0.3 is 0 Å². The molecule has 0 saturated carbocycles. The van der Waals surface area contributed by atoms with E-state index < -0.39 is 11.9 Å². The van der Waals surface area contributed by atoms with Crippen molar-refractivity contribution in [2.75, 3.05) is 40.5 Å². The molecule has 0 radical (unpaired) electrons. The van der Waals surface area contributed by atoms with Crippen LogP contribution in [0.15, 0.2) is 53.5 Å². The highest BCUT2D eigenvalue weighted by Gasteiger charge is 2.39. The average molecular weight is 389 g/mol. The second kappa shape index (κ2) is 9.47. The molecule has 2 aromatic rings. The van der Waals surface area contributed by atoms with E-state index in [4.69, 9.17) is 18.6 Å². The molecule has 0 N–H and O–H groups in total. The van der Waals surface area contributed by atoms with Crippen LogP contribution in [-0.4, -0.2) is 45.4 Å². The number of ether oxygens (including phenoxy) is 3. The fourth-order valence-corrected chi connectivity index (χ4v) is 3.42. The van der Waals surface area contributed by atoms with Gasteiger partial charge in [0.15, 0.2) is 11.4 Å². The van der Waals surface area contributed by atoms with E-state index in [1.165, 1.54) is 12.1 Å². The summed E-state index contributed by atoms with van der Waals surface area (Å²) in [6, 6.07) is 10.1. The van der Waals surface area contributed by atoms with Crippen molar-refractivity contribution in [3.63, 3.8) is 0 Å². The predicted octanol–water partition coefficient (Wildman–Crippen LogP) is 4.25. The minimum Gasteiger partial charge on any atom is -0.457 e. The molecule has 6 heteroatoms. The Morgan fingerprint density at radius 2 is 1.89 bits per heavy atom. The van der Waals surface area contributed by atoms with Crippen molar-refractivity contribution in [2.24, 2.45) is 0 Å². The molecule has 5 nitrogen and oxygen atoms in total. The average Bonchev–Trinajstić information content (AvgIpc) is 3.36. The number of furan rings is 1. The van der Waals surface area contributed by atoms with Gasteiger partial charge in [-0.25, -0.2) is 4.39 Å². The van der Waals surface area contributed by atoms with Gasteiger partial charge in [-0.15, -0.1) is 6.58 Å². The summed E-state index contributed by atoms with van der Waals surface area (Å²) in [4.78, 5) is 2.12. The molecule has 1 fully saturated rings. The molecule has 0 unspecified atom stereocenters. The van der Waals surface area contributed by atoms with E-state index in [1.807, 2.05) is 26.2 Å². The van der Waals surface area contributed by atoms with Crippen molar-refractivity contribution < 1.29 is 23.0 Å². The first-order chi connectivity index (χ1) is 13.5. The molecular formula is C22H28FNO4. The van der Waals surface area contributed by atoms with Crippen LogP contribution in [0.3, 0.4) is 0 Å². The quantitative estimate of drug-likeness (QED) is 0.569. The zero-order valence-electron chi connectivity index (χ0n) is 16.5. The minimum atomic E-state index is -0.852. The Hall–Kier alpha value is -1.99. The first-order valence-corrected chi connectivity index (χ1v) is 9.54. The summed E-state index contributed by atoms with van der Waals surface area (Å²) < 4.78 is 37.1. The summed E-state index contributed by atoms with van der Waals surface area (Å²) >= 11 is 0. The number of hydrogen-bond acceptors (Lipinski definition) is 5. The van der Waals surface area contributed by atoms with Crippen LogP contribution >= 0.6 is 0 Å². The van der Waals surface area contributed by atoms with Crippen LogP contribution in [0, 0.1) is 5.82 Å². The van der Waals surface area contributed by atoms with E-state index in [-0.39, 0.29) is 5.82 Å². The van der Waals surface area contributed by atoms with Gasteiger partial charge in [-0.1, -0.05) is 18.2 Å². The Bertz CT molecular complexity index is 752. The Kier molecular flexibility index (Phi) is 7.02. The minimum absolute atomic E-state index is 0.289. The molecule has 0 spiro atoms. The number of hydrogen-bond donors (Lipinski definition) is 0. The Morgan fingerprint density at radius 1 is 1.18 bits per heavy atom. The summed E-state index contributed by atoms with van der Waals surface area (Å²) in [5.74, 6) is 0.963. The van der Waals surface area contributed by atoms with E-state index in [1.54, 1.807) is 18.2 Å². The van der Waals surface area contributed by atoms with Crippen LogP contribution in [-0.2, 0) is 19.8 Å². The molecule has 152 valence electrons. The van der Waals surface area contributed by atoms with Crippen molar-refractivity contribution in [3.8, 4) is 0 Å². The second-order valence-electron chi connectivity index (χ2n) is 7.12. The Morgan fingerprint density at radius 3 is 2.54 bits per heavy atom. The number of benzene rings is 1. The Balaban J connectivity index is 1.99. The molecule has 0 bridgehead atoms. The highest BCUT2D eigenvalue weighted by molar-refractivity contribution is 5.33. The van der Waals surface area contributed by atoms with Gasteiger partial charge < -0.3 is 23.5 Å². The highest BCUT2D eigenvalue weighted by Crippen LogP contribution is 2.40. The van der Waals surface area contributed by atoms with Gasteiger partial charge in [-0.3, -0.25) is 0 Å². The third-order valence-electron chi connectivity index (χ3n) is 4.77. The van der Waals surface area contributed by atoms with Crippen LogP contribution in [0.25, 0.3) is 0 Å². The summed E-state index contributed by atoms with van der Waals surface area (Å²) in [6.45, 7) is 6.09. The molecule has 1 aromatic carbocycles. The van der Waals surface area contributed by atoms with Gasteiger partial charge in [0.25, 0.3) is 0 Å². The largest absolute Gasteiger partial charge is 0.457 e. The van der Waals surface area contributed by atoms with Gasteiger partial charge in [0.1, 0.15) is 11.6 Å². The van der Waals surface area contributed by atoms with Crippen molar-refractivity contribution in [1.29, 1.82) is 0 Å². The summed E-state index contributed by atoms with van der Waals surface area (Å²) in [5, 5.41) is 0. The van der Waals surface area contributed by atoms with Crippen LogP contribution in [0.1, 0.15) is 36.2 Å². The first kappa shape index (κ1) is 20.7. The maximum Gasteiger partial charge on any atom is 0.217 e. The second-order valence-corrected chi connectivity index (χ2v) is 7.12. The number of nitrogens with zero attached hydrogens (tertiary/aromatic N) is 1. The Labute approximate surface area is 165 Å². The lowest BCUT2D eigenvalue weighted by atomic mass is 9.86. The van der Waals surface area contributed by atoms with Crippen molar-refractivity contribution >= 4 is 0 Å². The molecule has 1 atom stereocenters. The van der Waals surface area contributed by atoms with Crippen molar-refractivity contribution in [2.45, 2.75) is 24.7 Å². The number of rotatable bonds is 10. The molecule has 28 heavy (non-hydrogen) atoms. The molecule has 1 saturated heterocycles. The molecule has 1 aliphatic heterocycles. The predicted molar refractivity (Wildman–Crippen MR) is 104 cm³/mol. The monoisotopic (exact) mass is 389 g/mol. The van der Waals surface area contributed by atoms with Gasteiger partial charge in [-0.2, -0.15) is 0 Å². The number of halogens is 1. The maximum atomic E-state index is 13.6. The van der Waals surface area contributed by atoms with Gasteiger partial charge in [0, 0.05) is 0 Å². The first-order valence-electron chi connectivity index (χ1n) is 9.54. The SMILES string of the molecule is C=CCO[C@](CCCN(C)C)(c1ccc(F)cc1)c1ccc(C2OCCO2)o1. The van der Waals surface area contributed by atoms with Crippen LogP contribution in [0.4, 0.5) is 4.39 Å². The van der Waals surface area contributed by atoms with Crippen LogP contribution in [0.5, 0.6) is 0 Å². The third kappa shape index (κ3) is 4.70. The van der Waals surface area contributed by atoms with Crippen molar-refractivity contribution in [3.05, 3.63) is 72.0 Å². The third-order valence-corrected chi connectivity index (χ3v) is 4.77. The van der Waals surface area contributed by atoms with Crippen molar-refractivity contribution in [1.82, 2.24) is 4.90 Å². The highest BCUT2D eigenvalue weighted by atomic mass is 19.1. The van der Waals surface area contributed by atoms with Crippen LogP contribution in [0.2, 0.25) is 0 Å². The zero-order chi connectivity index (χ0) is 20.0. The van der Waals surface area contributed by atoms with Crippen LogP contribution < -0.4 is 0 Å². The molecule has 2 heterocycles. The fraction of sp³-hybridized carbons (Fsp3) is 0.455. The van der Waals surface area contributed by atoms with E-state index in [0.29, 0.717) is 37.8 Å². The fourth-order valence-electron chi connectivity index (χ4n) is 3.42. The zero-order valence-corrected chi connectivity index (χ0v) is 16.5. The lowest BCUT2D eigenvalue weighted by molar-refractivity contribution is -0.0666. The topological polar surface area (TPSA) is 44.1 Å². The lowest BCUT2D eigenvalue weighted by Crippen LogP contribution is -2.32. The summed E-state index contributed by atoms with van der Waals surface area (Å²) in [5.41, 5.74) is -0.0157. The smallest absolute Gasteiger partial charge is 0.217 e. The molecule has 1 aromatic heterocycles. The molecule has 0 aliphatic carbocycles. The molecule has 0 amide bonds. The maximum absolute atomic E-state index is 13.6. The molecule has 3 rings (SSSR count). The van der Waals surface area contributed by atoms with E-state index in [0.717, 1.165) is 18.5 Å². The molecule has 1 aliphatic rings. The van der Waals surface area contributed by atoms with E-state index >= 15 is 0 Å². The van der Waals surface area contributed by atoms with Gasteiger partial charge in [0.2, 0.25) is 6.29 Å². The molecular weight excluding hydrogens is 361 g/mol.